The van der Waals surface area contributed by atoms with Gasteiger partial charge in [-0.3, -0.25) is 0 Å². The zero-order valence-electron chi connectivity index (χ0n) is 12.8. The third kappa shape index (κ3) is 3.87. The normalized spacial score (nSPS) is 19.6. The number of piperidine rings is 1. The summed E-state index contributed by atoms with van der Waals surface area (Å²) >= 11 is 6.21. The van der Waals surface area contributed by atoms with Crippen LogP contribution in [0.5, 0.6) is 0 Å². The van der Waals surface area contributed by atoms with Crippen molar-refractivity contribution in [1.29, 1.82) is 0 Å². The number of nitrogens with zero attached hydrogens (tertiary/aromatic N) is 2. The van der Waals surface area contributed by atoms with Gasteiger partial charge in [-0.05, 0) is 51.2 Å². The molecule has 0 radical (unpaired) electrons. The first-order valence-corrected chi connectivity index (χ1v) is 7.90. The molecule has 1 saturated heterocycles. The summed E-state index contributed by atoms with van der Waals surface area (Å²) in [5, 5.41) is 4.24. The van der Waals surface area contributed by atoms with Gasteiger partial charge in [0.25, 0.3) is 0 Å². The van der Waals surface area contributed by atoms with Crippen LogP contribution in [0.4, 0.5) is 5.69 Å². The number of rotatable bonds is 5. The van der Waals surface area contributed by atoms with Crippen molar-refractivity contribution in [3.8, 4) is 0 Å². The van der Waals surface area contributed by atoms with Crippen molar-refractivity contribution in [1.82, 2.24) is 10.2 Å². The van der Waals surface area contributed by atoms with Crippen molar-refractivity contribution in [2.24, 2.45) is 0 Å². The van der Waals surface area contributed by atoms with E-state index < -0.39 is 0 Å². The van der Waals surface area contributed by atoms with Crippen LogP contribution in [0.15, 0.2) is 18.2 Å². The molecule has 0 aliphatic carbocycles. The maximum absolute atomic E-state index is 6.21. The molecule has 1 aliphatic rings. The molecule has 0 saturated carbocycles. The number of benzene rings is 1. The topological polar surface area (TPSA) is 18.5 Å². The van der Waals surface area contributed by atoms with Crippen LogP contribution in [0.2, 0.25) is 5.02 Å². The van der Waals surface area contributed by atoms with Gasteiger partial charge in [0.05, 0.1) is 0 Å². The standard InChI is InChI=1S/C16H26ClN3/c1-4-18-11-13-7-8-14(17)10-16(13)20-9-5-6-15(12-20)19(2)3/h7-8,10,15,18H,4-6,9,11-12H2,1-3H3. The molecule has 20 heavy (non-hydrogen) atoms. The van der Waals surface area contributed by atoms with Crippen molar-refractivity contribution in [3.63, 3.8) is 0 Å². The Morgan fingerprint density at radius 1 is 1.40 bits per heavy atom. The molecule has 1 aromatic rings. The monoisotopic (exact) mass is 295 g/mol. The van der Waals surface area contributed by atoms with Crippen LogP contribution in [0, 0.1) is 0 Å². The Hall–Kier alpha value is -0.770. The lowest BCUT2D eigenvalue weighted by atomic mass is 10.0. The highest BCUT2D eigenvalue weighted by atomic mass is 35.5. The van der Waals surface area contributed by atoms with Crippen molar-refractivity contribution in [3.05, 3.63) is 28.8 Å². The van der Waals surface area contributed by atoms with Gasteiger partial charge in [0.15, 0.2) is 0 Å². The van der Waals surface area contributed by atoms with Crippen molar-refractivity contribution in [2.75, 3.05) is 38.6 Å². The highest BCUT2D eigenvalue weighted by Gasteiger charge is 2.23. The van der Waals surface area contributed by atoms with E-state index in [2.05, 4.69) is 48.3 Å². The second-order valence-corrected chi connectivity index (χ2v) is 6.20. The molecule has 112 valence electrons. The van der Waals surface area contributed by atoms with Crippen LogP contribution >= 0.6 is 11.6 Å². The maximum atomic E-state index is 6.21. The second-order valence-electron chi connectivity index (χ2n) is 5.76. The molecule has 1 fully saturated rings. The van der Waals surface area contributed by atoms with E-state index in [0.717, 1.165) is 31.2 Å². The zero-order valence-corrected chi connectivity index (χ0v) is 13.6. The van der Waals surface area contributed by atoms with Crippen molar-refractivity contribution >= 4 is 17.3 Å². The summed E-state index contributed by atoms with van der Waals surface area (Å²) in [6.07, 6.45) is 2.53. The Kier molecular flexibility index (Phi) is 5.70. The highest BCUT2D eigenvalue weighted by molar-refractivity contribution is 6.30. The van der Waals surface area contributed by atoms with E-state index >= 15 is 0 Å². The molecule has 1 unspecified atom stereocenters. The fraction of sp³-hybridized carbons (Fsp3) is 0.625. The maximum Gasteiger partial charge on any atom is 0.0427 e. The van der Waals surface area contributed by atoms with E-state index in [9.17, 15) is 0 Å². The first kappa shape index (κ1) is 15.6. The number of hydrogen-bond acceptors (Lipinski definition) is 3. The first-order chi connectivity index (χ1) is 9.61. The van der Waals surface area contributed by atoms with Gasteiger partial charge in [0.2, 0.25) is 0 Å². The van der Waals surface area contributed by atoms with E-state index in [4.69, 9.17) is 11.6 Å². The molecule has 1 heterocycles. The lowest BCUT2D eigenvalue weighted by Gasteiger charge is -2.38. The predicted molar refractivity (Wildman–Crippen MR) is 87.8 cm³/mol. The summed E-state index contributed by atoms with van der Waals surface area (Å²) in [7, 11) is 4.34. The molecule has 1 aliphatic heterocycles. The smallest absolute Gasteiger partial charge is 0.0427 e. The van der Waals surface area contributed by atoms with Crippen molar-refractivity contribution < 1.29 is 0 Å². The minimum absolute atomic E-state index is 0.634. The van der Waals surface area contributed by atoms with Gasteiger partial charge in [-0.2, -0.15) is 0 Å². The lowest BCUT2D eigenvalue weighted by molar-refractivity contribution is 0.258. The predicted octanol–water partition coefficient (Wildman–Crippen LogP) is 2.98. The van der Waals surface area contributed by atoms with Crippen LogP contribution in [0.1, 0.15) is 25.3 Å². The fourth-order valence-electron chi connectivity index (χ4n) is 2.84. The third-order valence-corrected chi connectivity index (χ3v) is 4.32. The molecule has 0 aromatic heterocycles. The molecule has 0 amide bonds. The SMILES string of the molecule is CCNCc1ccc(Cl)cc1N1CCCC(N(C)C)C1. The molecular weight excluding hydrogens is 270 g/mol. The summed E-state index contributed by atoms with van der Waals surface area (Å²) in [4.78, 5) is 4.83. The number of likely N-dealkylation sites (N-methyl/N-ethyl adjacent to an activating group) is 1. The Labute approximate surface area is 127 Å². The van der Waals surface area contributed by atoms with Crippen LogP contribution in [0.3, 0.4) is 0 Å². The second kappa shape index (κ2) is 7.30. The molecule has 4 heteroatoms. The van der Waals surface area contributed by atoms with E-state index in [0.29, 0.717) is 6.04 Å². The minimum Gasteiger partial charge on any atom is -0.370 e. The van der Waals surface area contributed by atoms with Crippen molar-refractivity contribution in [2.45, 2.75) is 32.4 Å². The molecule has 1 N–H and O–H groups in total. The summed E-state index contributed by atoms with van der Waals surface area (Å²) in [5.41, 5.74) is 2.64. The molecule has 1 aromatic carbocycles. The van der Waals surface area contributed by atoms with Gasteiger partial charge in [0.1, 0.15) is 0 Å². The largest absolute Gasteiger partial charge is 0.370 e. The van der Waals surface area contributed by atoms with Gasteiger partial charge >= 0.3 is 0 Å². The Balaban J connectivity index is 2.19. The van der Waals surface area contributed by atoms with Crippen LogP contribution < -0.4 is 10.2 Å². The Morgan fingerprint density at radius 2 is 2.20 bits per heavy atom. The van der Waals surface area contributed by atoms with Crippen LogP contribution in [-0.4, -0.2) is 44.7 Å². The average Bonchev–Trinajstić information content (AvgIpc) is 2.46. The number of hydrogen-bond donors (Lipinski definition) is 1. The van der Waals surface area contributed by atoms with E-state index in [1.807, 2.05) is 6.07 Å². The van der Waals surface area contributed by atoms with Gasteiger partial charge in [0, 0.05) is 36.4 Å². The van der Waals surface area contributed by atoms with Crippen LogP contribution in [-0.2, 0) is 6.54 Å². The van der Waals surface area contributed by atoms with Gasteiger partial charge in [-0.25, -0.2) is 0 Å². The highest BCUT2D eigenvalue weighted by Crippen LogP contribution is 2.28. The van der Waals surface area contributed by atoms with Gasteiger partial charge < -0.3 is 15.1 Å². The Bertz CT molecular complexity index is 434. The lowest BCUT2D eigenvalue weighted by Crippen LogP contribution is -2.45. The quantitative estimate of drug-likeness (QED) is 0.901. The van der Waals surface area contributed by atoms with Crippen LogP contribution in [0.25, 0.3) is 0 Å². The number of halogens is 1. The summed E-state index contributed by atoms with van der Waals surface area (Å²) in [6, 6.07) is 6.89. The minimum atomic E-state index is 0.634. The van der Waals surface area contributed by atoms with E-state index in [-0.39, 0.29) is 0 Å². The zero-order chi connectivity index (χ0) is 14.5. The number of nitrogens with one attached hydrogen (secondary N) is 1. The number of anilines is 1. The molecule has 0 bridgehead atoms. The van der Waals surface area contributed by atoms with E-state index in [1.54, 1.807) is 0 Å². The third-order valence-electron chi connectivity index (χ3n) is 4.08. The summed E-state index contributed by atoms with van der Waals surface area (Å²) in [5.74, 6) is 0. The van der Waals surface area contributed by atoms with E-state index in [1.165, 1.54) is 24.1 Å². The molecule has 0 spiro atoms. The summed E-state index contributed by atoms with van der Waals surface area (Å²) < 4.78 is 0. The molecule has 3 nitrogen and oxygen atoms in total. The molecule has 2 rings (SSSR count). The Morgan fingerprint density at radius 3 is 2.90 bits per heavy atom. The summed E-state index contributed by atoms with van der Waals surface area (Å²) in [6.45, 7) is 6.25. The van der Waals surface area contributed by atoms with Gasteiger partial charge in [-0.15, -0.1) is 0 Å². The molecule has 1 atom stereocenters. The van der Waals surface area contributed by atoms with Gasteiger partial charge in [-0.1, -0.05) is 24.6 Å². The molecular formula is C16H26ClN3. The average molecular weight is 296 g/mol. The first-order valence-electron chi connectivity index (χ1n) is 7.52. The fourth-order valence-corrected chi connectivity index (χ4v) is 3.00.